The number of nitrogens with one attached hydrogen (secondary N) is 1. The highest BCUT2D eigenvalue weighted by molar-refractivity contribution is 5.73. The molecule has 2 aromatic rings. The number of aryl methyl sites for hydroxylation is 1. The summed E-state index contributed by atoms with van der Waals surface area (Å²) in [5.41, 5.74) is 1.96. The summed E-state index contributed by atoms with van der Waals surface area (Å²) in [4.78, 5) is 21.8. The Hall–Kier alpha value is -2.64. The Bertz CT molecular complexity index is 699. The van der Waals surface area contributed by atoms with Crippen molar-refractivity contribution in [3.8, 4) is 5.88 Å². The highest BCUT2D eigenvalue weighted by atomic mass is 16.5. The van der Waals surface area contributed by atoms with Gasteiger partial charge in [0.2, 0.25) is 17.7 Å². The minimum absolute atomic E-state index is 0.101. The number of hydrogen-bond acceptors (Lipinski definition) is 6. The zero-order chi connectivity index (χ0) is 16.2. The van der Waals surface area contributed by atoms with Crippen molar-refractivity contribution in [3.05, 3.63) is 29.7 Å². The van der Waals surface area contributed by atoms with Crippen molar-refractivity contribution >= 4 is 11.9 Å². The lowest BCUT2D eigenvalue weighted by atomic mass is 10.3. The molecule has 23 heavy (non-hydrogen) atoms. The molecule has 8 heteroatoms. The summed E-state index contributed by atoms with van der Waals surface area (Å²) in [6, 6.07) is 3.72. The third kappa shape index (κ3) is 3.58. The average Bonchev–Trinajstić information content (AvgIpc) is 2.83. The Kier molecular flexibility index (Phi) is 4.40. The van der Waals surface area contributed by atoms with Gasteiger partial charge in [0, 0.05) is 32.3 Å². The number of rotatable bonds is 4. The summed E-state index contributed by atoms with van der Waals surface area (Å²) in [6.07, 6.45) is 2.56. The van der Waals surface area contributed by atoms with Crippen LogP contribution in [0.3, 0.4) is 0 Å². The van der Waals surface area contributed by atoms with Gasteiger partial charge in [0.05, 0.1) is 31.6 Å². The molecule has 2 aromatic heterocycles. The fourth-order valence-electron chi connectivity index (χ4n) is 2.59. The van der Waals surface area contributed by atoms with Crippen LogP contribution in [0.2, 0.25) is 0 Å². The molecule has 1 N–H and O–H groups in total. The molecule has 3 rings (SSSR count). The van der Waals surface area contributed by atoms with Crippen LogP contribution in [-0.2, 0) is 24.4 Å². The quantitative estimate of drug-likeness (QED) is 0.907. The second kappa shape index (κ2) is 6.64. The maximum Gasteiger partial charge on any atom is 0.226 e. The standard InChI is InChI=1S/C15H20N6O2/c1-11(22)20-6-3-7-21-13(10-20)8-12(19-21)9-17-15-16-5-4-14(18-15)23-2/h4-5,8H,3,6-7,9-10H2,1-2H3,(H,16,17,18). The van der Waals surface area contributed by atoms with Crippen LogP contribution in [-0.4, -0.2) is 44.2 Å². The summed E-state index contributed by atoms with van der Waals surface area (Å²) in [5.74, 6) is 1.11. The van der Waals surface area contributed by atoms with Crippen molar-refractivity contribution in [1.29, 1.82) is 0 Å². The summed E-state index contributed by atoms with van der Waals surface area (Å²) >= 11 is 0. The van der Waals surface area contributed by atoms with E-state index in [0.29, 0.717) is 24.9 Å². The molecule has 0 fully saturated rings. The molecule has 3 heterocycles. The van der Waals surface area contributed by atoms with E-state index in [1.807, 2.05) is 15.6 Å². The van der Waals surface area contributed by atoms with E-state index in [1.54, 1.807) is 26.3 Å². The van der Waals surface area contributed by atoms with Crippen LogP contribution in [0.15, 0.2) is 18.3 Å². The van der Waals surface area contributed by atoms with Gasteiger partial charge in [-0.2, -0.15) is 10.1 Å². The van der Waals surface area contributed by atoms with E-state index in [0.717, 1.165) is 30.9 Å². The number of amides is 1. The molecule has 1 aliphatic rings. The van der Waals surface area contributed by atoms with Gasteiger partial charge in [-0.25, -0.2) is 4.98 Å². The summed E-state index contributed by atoms with van der Waals surface area (Å²) in [7, 11) is 1.57. The number of fused-ring (bicyclic) bond motifs is 1. The molecule has 0 saturated carbocycles. The van der Waals surface area contributed by atoms with Gasteiger partial charge in [-0.15, -0.1) is 0 Å². The minimum atomic E-state index is 0.101. The largest absolute Gasteiger partial charge is 0.481 e. The average molecular weight is 316 g/mol. The molecular weight excluding hydrogens is 296 g/mol. The number of methoxy groups -OCH3 is 1. The van der Waals surface area contributed by atoms with Gasteiger partial charge in [-0.05, 0) is 12.5 Å². The van der Waals surface area contributed by atoms with Crippen molar-refractivity contribution in [2.45, 2.75) is 33.0 Å². The normalized spacial score (nSPS) is 14.1. The minimum Gasteiger partial charge on any atom is -0.481 e. The first-order valence-electron chi connectivity index (χ1n) is 7.58. The van der Waals surface area contributed by atoms with Crippen molar-refractivity contribution in [3.63, 3.8) is 0 Å². The maximum atomic E-state index is 11.6. The van der Waals surface area contributed by atoms with E-state index < -0.39 is 0 Å². The van der Waals surface area contributed by atoms with E-state index in [1.165, 1.54) is 0 Å². The fraction of sp³-hybridized carbons (Fsp3) is 0.467. The smallest absolute Gasteiger partial charge is 0.226 e. The second-order valence-electron chi connectivity index (χ2n) is 5.42. The first-order chi connectivity index (χ1) is 11.2. The van der Waals surface area contributed by atoms with Gasteiger partial charge in [-0.3, -0.25) is 9.48 Å². The van der Waals surface area contributed by atoms with Gasteiger partial charge >= 0.3 is 0 Å². The monoisotopic (exact) mass is 316 g/mol. The van der Waals surface area contributed by atoms with E-state index >= 15 is 0 Å². The SMILES string of the molecule is COc1ccnc(NCc2cc3n(n2)CCCN(C(C)=O)C3)n1. The van der Waals surface area contributed by atoms with Crippen molar-refractivity contribution < 1.29 is 9.53 Å². The third-order valence-corrected chi connectivity index (χ3v) is 3.78. The van der Waals surface area contributed by atoms with Crippen molar-refractivity contribution in [2.24, 2.45) is 0 Å². The first-order valence-corrected chi connectivity index (χ1v) is 7.58. The maximum absolute atomic E-state index is 11.6. The molecule has 0 atom stereocenters. The van der Waals surface area contributed by atoms with Crippen LogP contribution in [0.1, 0.15) is 24.7 Å². The topological polar surface area (TPSA) is 85.2 Å². The van der Waals surface area contributed by atoms with Crippen LogP contribution in [0.5, 0.6) is 5.88 Å². The zero-order valence-electron chi connectivity index (χ0n) is 13.3. The fourth-order valence-corrected chi connectivity index (χ4v) is 2.59. The molecule has 0 radical (unpaired) electrons. The lowest BCUT2D eigenvalue weighted by Gasteiger charge is -2.17. The van der Waals surface area contributed by atoms with Gasteiger partial charge < -0.3 is 15.0 Å². The molecular formula is C15H20N6O2. The number of carbonyl (C=O) groups is 1. The number of ether oxygens (including phenoxy) is 1. The third-order valence-electron chi connectivity index (χ3n) is 3.78. The lowest BCUT2D eigenvalue weighted by Crippen LogP contribution is -2.28. The predicted octanol–water partition coefficient (Wildman–Crippen LogP) is 1.05. The Labute approximate surface area is 134 Å². The van der Waals surface area contributed by atoms with Gasteiger partial charge in [-0.1, -0.05) is 0 Å². The Morgan fingerprint density at radius 1 is 1.43 bits per heavy atom. The van der Waals surface area contributed by atoms with Crippen LogP contribution in [0.4, 0.5) is 5.95 Å². The lowest BCUT2D eigenvalue weighted by molar-refractivity contribution is -0.129. The molecule has 0 aliphatic carbocycles. The molecule has 8 nitrogen and oxygen atoms in total. The van der Waals surface area contributed by atoms with E-state index in [4.69, 9.17) is 4.74 Å². The molecule has 0 bridgehead atoms. The van der Waals surface area contributed by atoms with Crippen LogP contribution in [0.25, 0.3) is 0 Å². The van der Waals surface area contributed by atoms with E-state index in [9.17, 15) is 4.79 Å². The zero-order valence-corrected chi connectivity index (χ0v) is 13.3. The summed E-state index contributed by atoms with van der Waals surface area (Å²) in [5, 5.41) is 7.73. The van der Waals surface area contributed by atoms with Crippen molar-refractivity contribution in [1.82, 2.24) is 24.6 Å². The van der Waals surface area contributed by atoms with Crippen LogP contribution >= 0.6 is 0 Å². The number of aromatic nitrogens is 4. The molecule has 0 aromatic carbocycles. The summed E-state index contributed by atoms with van der Waals surface area (Å²) < 4.78 is 7.05. The molecule has 122 valence electrons. The Morgan fingerprint density at radius 3 is 3.09 bits per heavy atom. The molecule has 0 saturated heterocycles. The number of nitrogens with zero attached hydrogens (tertiary/aromatic N) is 5. The van der Waals surface area contributed by atoms with E-state index in [-0.39, 0.29) is 5.91 Å². The Balaban J connectivity index is 1.68. The summed E-state index contributed by atoms with van der Waals surface area (Å²) in [6.45, 7) is 4.35. The molecule has 1 amide bonds. The Morgan fingerprint density at radius 2 is 2.30 bits per heavy atom. The highest BCUT2D eigenvalue weighted by Gasteiger charge is 2.18. The van der Waals surface area contributed by atoms with Gasteiger partial charge in [0.25, 0.3) is 0 Å². The number of carbonyl (C=O) groups excluding carboxylic acids is 1. The molecule has 1 aliphatic heterocycles. The van der Waals surface area contributed by atoms with E-state index in [2.05, 4.69) is 20.4 Å². The van der Waals surface area contributed by atoms with Gasteiger partial charge in [0.1, 0.15) is 0 Å². The predicted molar refractivity (Wildman–Crippen MR) is 83.8 cm³/mol. The highest BCUT2D eigenvalue weighted by Crippen LogP contribution is 2.15. The number of anilines is 1. The van der Waals surface area contributed by atoms with Crippen LogP contribution in [0, 0.1) is 0 Å². The van der Waals surface area contributed by atoms with Gasteiger partial charge in [0.15, 0.2) is 0 Å². The van der Waals surface area contributed by atoms with Crippen molar-refractivity contribution in [2.75, 3.05) is 19.0 Å². The molecule has 0 unspecified atom stereocenters. The van der Waals surface area contributed by atoms with Crippen LogP contribution < -0.4 is 10.1 Å². The number of hydrogen-bond donors (Lipinski definition) is 1. The first kappa shape index (κ1) is 15.3. The second-order valence-corrected chi connectivity index (χ2v) is 5.42. The molecule has 0 spiro atoms.